The fraction of sp³-hybridized carbons (Fsp3) is 0.500. The molecule has 1 aliphatic rings. The van der Waals surface area contributed by atoms with Crippen LogP contribution in [0.5, 0.6) is 5.75 Å². The monoisotopic (exact) mass is 344 g/mol. The van der Waals surface area contributed by atoms with Gasteiger partial charge >= 0.3 is 0 Å². The Morgan fingerprint density at radius 2 is 2.28 bits per heavy atom. The van der Waals surface area contributed by atoms with Gasteiger partial charge in [-0.15, -0.1) is 0 Å². The van der Waals surface area contributed by atoms with E-state index < -0.39 is 0 Å². The third-order valence-electron chi connectivity index (χ3n) is 4.46. The highest BCUT2D eigenvalue weighted by Crippen LogP contribution is 2.23. The Hall–Kier alpha value is -2.41. The molecule has 7 heteroatoms. The predicted octanol–water partition coefficient (Wildman–Crippen LogP) is 2.17. The summed E-state index contributed by atoms with van der Waals surface area (Å²) in [5.41, 5.74) is 0.455. The van der Waals surface area contributed by atoms with Gasteiger partial charge in [0, 0.05) is 32.1 Å². The number of amides is 1. The zero-order chi connectivity index (χ0) is 17.8. The van der Waals surface area contributed by atoms with Crippen LogP contribution in [0.25, 0.3) is 0 Å². The molecule has 0 radical (unpaired) electrons. The molecule has 2 atom stereocenters. The molecule has 25 heavy (non-hydrogen) atoms. The summed E-state index contributed by atoms with van der Waals surface area (Å²) in [6.07, 6.45) is 7.62. The largest absolute Gasteiger partial charge is 0.490 e. The van der Waals surface area contributed by atoms with E-state index in [1.807, 2.05) is 16.7 Å². The van der Waals surface area contributed by atoms with Crippen LogP contribution in [-0.2, 0) is 4.74 Å². The number of carbonyl (C=O) groups excluding carboxylic acids is 1. The molecule has 7 nitrogen and oxygen atoms in total. The molecule has 0 bridgehead atoms. The van der Waals surface area contributed by atoms with Crippen molar-refractivity contribution in [3.05, 3.63) is 42.7 Å². The Kier molecular flexibility index (Phi) is 5.33. The average Bonchev–Trinajstić information content (AvgIpc) is 3.27. The maximum atomic E-state index is 12.9. The second kappa shape index (κ2) is 7.65. The summed E-state index contributed by atoms with van der Waals surface area (Å²) in [5.74, 6) is 0.610. The minimum absolute atomic E-state index is 0.0126. The van der Waals surface area contributed by atoms with E-state index in [0.717, 1.165) is 6.42 Å². The smallest absolute Gasteiger partial charge is 0.274 e. The standard InChI is InChI=1S/C18H24N4O3/c1-13(2)21-10-17(20-12-21)18(23)22-9-16(24-3)7-14(22)11-25-15-5-4-6-19-8-15/h4-6,8,10,12-14,16H,7,9,11H2,1-3H3/t14-,16+/m0/s1. The molecule has 134 valence electrons. The normalized spacial score (nSPS) is 20.2. The third-order valence-corrected chi connectivity index (χ3v) is 4.46. The number of hydrogen-bond donors (Lipinski definition) is 0. The van der Waals surface area contributed by atoms with E-state index in [0.29, 0.717) is 24.6 Å². The highest BCUT2D eigenvalue weighted by Gasteiger charge is 2.37. The van der Waals surface area contributed by atoms with Gasteiger partial charge < -0.3 is 18.9 Å². The molecular formula is C18H24N4O3. The van der Waals surface area contributed by atoms with E-state index in [1.54, 1.807) is 36.9 Å². The van der Waals surface area contributed by atoms with Crippen molar-refractivity contribution in [2.45, 2.75) is 38.5 Å². The number of carbonyl (C=O) groups is 1. The molecule has 1 saturated heterocycles. The van der Waals surface area contributed by atoms with Gasteiger partial charge in [-0.3, -0.25) is 9.78 Å². The van der Waals surface area contributed by atoms with E-state index in [4.69, 9.17) is 9.47 Å². The number of nitrogens with zero attached hydrogens (tertiary/aromatic N) is 4. The number of rotatable bonds is 6. The molecule has 1 aliphatic heterocycles. The fourth-order valence-corrected chi connectivity index (χ4v) is 2.95. The zero-order valence-electron chi connectivity index (χ0n) is 14.8. The fourth-order valence-electron chi connectivity index (χ4n) is 2.95. The number of ether oxygens (including phenoxy) is 2. The molecule has 0 unspecified atom stereocenters. The molecule has 0 saturated carbocycles. The van der Waals surface area contributed by atoms with Gasteiger partial charge in [0.05, 0.1) is 24.7 Å². The average molecular weight is 344 g/mol. The minimum atomic E-state index is -0.0845. The third kappa shape index (κ3) is 3.99. The van der Waals surface area contributed by atoms with Crippen molar-refractivity contribution in [1.29, 1.82) is 0 Å². The molecule has 1 amide bonds. The molecule has 3 heterocycles. The van der Waals surface area contributed by atoms with E-state index in [2.05, 4.69) is 23.8 Å². The van der Waals surface area contributed by atoms with Crippen LogP contribution in [0, 0.1) is 0 Å². The number of imidazole rings is 1. The van der Waals surface area contributed by atoms with Gasteiger partial charge in [-0.1, -0.05) is 0 Å². The number of methoxy groups -OCH3 is 1. The van der Waals surface area contributed by atoms with Crippen molar-refractivity contribution in [3.8, 4) is 5.75 Å². The van der Waals surface area contributed by atoms with Gasteiger partial charge in [0.25, 0.3) is 5.91 Å². The molecule has 0 spiro atoms. The minimum Gasteiger partial charge on any atom is -0.490 e. The van der Waals surface area contributed by atoms with Crippen LogP contribution < -0.4 is 4.74 Å². The van der Waals surface area contributed by atoms with Gasteiger partial charge in [-0.25, -0.2) is 4.98 Å². The lowest BCUT2D eigenvalue weighted by atomic mass is 10.2. The number of hydrogen-bond acceptors (Lipinski definition) is 5. The van der Waals surface area contributed by atoms with Crippen LogP contribution in [0.1, 0.15) is 36.8 Å². The summed E-state index contributed by atoms with van der Waals surface area (Å²) in [5, 5.41) is 0. The Bertz CT molecular complexity index is 701. The summed E-state index contributed by atoms with van der Waals surface area (Å²) >= 11 is 0. The number of pyridine rings is 1. The Labute approximate surface area is 147 Å². The van der Waals surface area contributed by atoms with Gasteiger partial charge in [0.1, 0.15) is 18.1 Å². The van der Waals surface area contributed by atoms with Gasteiger partial charge in [-0.05, 0) is 32.4 Å². The molecule has 1 fully saturated rings. The van der Waals surface area contributed by atoms with E-state index in [1.165, 1.54) is 0 Å². The van der Waals surface area contributed by atoms with Gasteiger partial charge in [-0.2, -0.15) is 0 Å². The summed E-state index contributed by atoms with van der Waals surface area (Å²) in [6.45, 7) is 5.06. The first-order chi connectivity index (χ1) is 12.1. The van der Waals surface area contributed by atoms with Crippen molar-refractivity contribution in [2.24, 2.45) is 0 Å². The van der Waals surface area contributed by atoms with Crippen molar-refractivity contribution in [1.82, 2.24) is 19.4 Å². The van der Waals surface area contributed by atoms with Crippen LogP contribution in [0.3, 0.4) is 0 Å². The summed E-state index contributed by atoms with van der Waals surface area (Å²) in [7, 11) is 1.67. The molecule has 0 N–H and O–H groups in total. The molecular weight excluding hydrogens is 320 g/mol. The lowest BCUT2D eigenvalue weighted by Gasteiger charge is -2.23. The number of likely N-dealkylation sites (tertiary alicyclic amines) is 1. The Morgan fingerprint density at radius 1 is 1.44 bits per heavy atom. The number of aromatic nitrogens is 3. The second-order valence-corrected chi connectivity index (χ2v) is 6.50. The first-order valence-corrected chi connectivity index (χ1v) is 8.48. The van der Waals surface area contributed by atoms with Crippen LogP contribution >= 0.6 is 0 Å². The maximum Gasteiger partial charge on any atom is 0.274 e. The SMILES string of the molecule is CO[C@@H]1C[C@@H](COc2cccnc2)N(C(=O)c2cn(C(C)C)cn2)C1. The highest BCUT2D eigenvalue weighted by atomic mass is 16.5. The van der Waals surface area contributed by atoms with E-state index >= 15 is 0 Å². The summed E-state index contributed by atoms with van der Waals surface area (Å²) in [4.78, 5) is 23.0. The van der Waals surface area contributed by atoms with E-state index in [9.17, 15) is 4.79 Å². The van der Waals surface area contributed by atoms with Crippen molar-refractivity contribution < 1.29 is 14.3 Å². The van der Waals surface area contributed by atoms with E-state index in [-0.39, 0.29) is 24.1 Å². The molecule has 0 aromatic carbocycles. The van der Waals surface area contributed by atoms with Crippen LogP contribution in [-0.4, -0.2) is 57.7 Å². The van der Waals surface area contributed by atoms with Gasteiger partial charge in [0.15, 0.2) is 0 Å². The first kappa shape index (κ1) is 17.4. The zero-order valence-corrected chi connectivity index (χ0v) is 14.8. The lowest BCUT2D eigenvalue weighted by Crippen LogP contribution is -2.39. The Morgan fingerprint density at radius 3 is 2.92 bits per heavy atom. The van der Waals surface area contributed by atoms with Crippen molar-refractivity contribution >= 4 is 5.91 Å². The Balaban J connectivity index is 1.70. The van der Waals surface area contributed by atoms with Crippen LogP contribution in [0.2, 0.25) is 0 Å². The van der Waals surface area contributed by atoms with Crippen molar-refractivity contribution in [3.63, 3.8) is 0 Å². The first-order valence-electron chi connectivity index (χ1n) is 8.48. The predicted molar refractivity (Wildman–Crippen MR) is 92.6 cm³/mol. The highest BCUT2D eigenvalue weighted by molar-refractivity contribution is 5.92. The second-order valence-electron chi connectivity index (χ2n) is 6.50. The molecule has 2 aromatic heterocycles. The topological polar surface area (TPSA) is 69.5 Å². The van der Waals surface area contributed by atoms with Crippen LogP contribution in [0.15, 0.2) is 37.1 Å². The molecule has 3 rings (SSSR count). The molecule has 2 aromatic rings. The van der Waals surface area contributed by atoms with Crippen molar-refractivity contribution in [2.75, 3.05) is 20.3 Å². The van der Waals surface area contributed by atoms with Crippen LogP contribution in [0.4, 0.5) is 0 Å². The van der Waals surface area contributed by atoms with Gasteiger partial charge in [0.2, 0.25) is 0 Å². The lowest BCUT2D eigenvalue weighted by molar-refractivity contribution is 0.0652. The maximum absolute atomic E-state index is 12.9. The molecule has 0 aliphatic carbocycles. The summed E-state index contributed by atoms with van der Waals surface area (Å²) < 4.78 is 13.2. The summed E-state index contributed by atoms with van der Waals surface area (Å²) in [6, 6.07) is 3.89. The quantitative estimate of drug-likeness (QED) is 0.803.